The normalized spacial score (nSPS) is 14.2. The number of para-hydroxylation sites is 1. The average Bonchev–Trinajstić information content (AvgIpc) is 2.93. The van der Waals surface area contributed by atoms with Gasteiger partial charge in [-0.25, -0.2) is 4.39 Å². The van der Waals surface area contributed by atoms with E-state index in [-0.39, 0.29) is 12.4 Å². The van der Waals surface area contributed by atoms with Crippen molar-refractivity contribution in [2.24, 2.45) is 0 Å². The molecule has 4 heteroatoms. The van der Waals surface area contributed by atoms with Gasteiger partial charge in [0.2, 0.25) is 0 Å². The first kappa shape index (κ1) is 13.8. The second-order valence-corrected chi connectivity index (χ2v) is 5.03. The number of halogens is 1. The van der Waals surface area contributed by atoms with Gasteiger partial charge in [0.1, 0.15) is 11.9 Å². The maximum Gasteiger partial charge on any atom is 0.123 e. The second-order valence-electron chi connectivity index (χ2n) is 5.03. The highest BCUT2D eigenvalue weighted by molar-refractivity contribution is 5.80. The van der Waals surface area contributed by atoms with Crippen molar-refractivity contribution in [1.82, 2.24) is 4.57 Å². The molecule has 0 amide bonds. The van der Waals surface area contributed by atoms with Crippen molar-refractivity contribution in [3.05, 3.63) is 72.2 Å². The molecule has 3 aromatic rings. The van der Waals surface area contributed by atoms with E-state index in [0.29, 0.717) is 0 Å². The molecule has 0 saturated carbocycles. The molecule has 0 bridgehead atoms. The molecule has 0 aliphatic rings. The van der Waals surface area contributed by atoms with Crippen LogP contribution in [0.15, 0.2) is 60.8 Å². The van der Waals surface area contributed by atoms with Gasteiger partial charge < -0.3 is 14.8 Å². The first-order valence-corrected chi connectivity index (χ1v) is 6.80. The van der Waals surface area contributed by atoms with Gasteiger partial charge >= 0.3 is 0 Å². The highest BCUT2D eigenvalue weighted by Gasteiger charge is 2.23. The Bertz CT molecular complexity index is 736. The quantitative estimate of drug-likeness (QED) is 0.774. The Labute approximate surface area is 121 Å². The minimum Gasteiger partial charge on any atom is -0.394 e. The smallest absolute Gasteiger partial charge is 0.123 e. The summed E-state index contributed by atoms with van der Waals surface area (Å²) < 4.78 is 15.0. The van der Waals surface area contributed by atoms with Crippen molar-refractivity contribution in [3.8, 4) is 0 Å². The van der Waals surface area contributed by atoms with E-state index in [1.165, 1.54) is 12.1 Å². The predicted octanol–water partition coefficient (Wildman–Crippen LogP) is 2.72. The molecule has 0 radical (unpaired) electrons. The first-order chi connectivity index (χ1) is 10.2. The topological polar surface area (TPSA) is 45.4 Å². The van der Waals surface area contributed by atoms with Crippen LogP contribution in [0, 0.1) is 5.82 Å². The van der Waals surface area contributed by atoms with Crippen molar-refractivity contribution < 1.29 is 14.6 Å². The molecule has 3 rings (SSSR count). The Morgan fingerprint density at radius 1 is 1.00 bits per heavy atom. The largest absolute Gasteiger partial charge is 0.394 e. The van der Waals surface area contributed by atoms with Crippen molar-refractivity contribution >= 4 is 10.9 Å². The summed E-state index contributed by atoms with van der Waals surface area (Å²) >= 11 is 0. The Hall–Kier alpha value is -2.17. The summed E-state index contributed by atoms with van der Waals surface area (Å²) in [6.45, 7) is -0.367. The van der Waals surface area contributed by atoms with Crippen LogP contribution in [0.4, 0.5) is 4.39 Å². The van der Waals surface area contributed by atoms with Crippen LogP contribution >= 0.6 is 0 Å². The molecule has 1 heterocycles. The number of rotatable bonds is 4. The number of benzene rings is 2. The molecule has 2 aromatic carbocycles. The minimum atomic E-state index is -0.966. The zero-order valence-electron chi connectivity index (χ0n) is 11.4. The number of nitrogens with zero attached hydrogens (tertiary/aromatic N) is 1. The van der Waals surface area contributed by atoms with Crippen LogP contribution in [0.2, 0.25) is 0 Å². The van der Waals surface area contributed by atoms with Gasteiger partial charge in [0, 0.05) is 11.7 Å². The third kappa shape index (κ3) is 2.55. The lowest BCUT2D eigenvalue weighted by Crippen LogP contribution is -2.28. The predicted molar refractivity (Wildman–Crippen MR) is 79.6 cm³/mol. The summed E-state index contributed by atoms with van der Waals surface area (Å²) in [5.74, 6) is -0.326. The summed E-state index contributed by atoms with van der Waals surface area (Å²) in [4.78, 5) is 0. The van der Waals surface area contributed by atoms with E-state index in [4.69, 9.17) is 0 Å². The van der Waals surface area contributed by atoms with E-state index in [1.54, 1.807) is 12.1 Å². The summed E-state index contributed by atoms with van der Waals surface area (Å²) in [6.07, 6.45) is 0.906. The van der Waals surface area contributed by atoms with Crippen LogP contribution in [0.1, 0.15) is 11.6 Å². The SMILES string of the molecule is OC[C@@H](O)[C@H](c1ccc(F)cc1)n1ccc2ccccc21. The zero-order valence-corrected chi connectivity index (χ0v) is 11.4. The van der Waals surface area contributed by atoms with Gasteiger partial charge in [-0.1, -0.05) is 30.3 Å². The van der Waals surface area contributed by atoms with Gasteiger partial charge in [-0.15, -0.1) is 0 Å². The Balaban J connectivity index is 2.13. The Morgan fingerprint density at radius 3 is 2.43 bits per heavy atom. The standard InChI is InChI=1S/C17H16FNO2/c18-14-7-5-13(6-8-14)17(16(21)11-20)19-10-9-12-3-1-2-4-15(12)19/h1-10,16-17,20-21H,11H2/t16-,17+/m1/s1. The molecule has 0 fully saturated rings. The molecule has 108 valence electrons. The van der Waals surface area contributed by atoms with Crippen LogP contribution in [0.25, 0.3) is 10.9 Å². The summed E-state index contributed by atoms with van der Waals surface area (Å²) in [7, 11) is 0. The molecule has 1 aromatic heterocycles. The second kappa shape index (κ2) is 5.68. The van der Waals surface area contributed by atoms with Gasteiger partial charge in [0.05, 0.1) is 12.6 Å². The van der Waals surface area contributed by atoms with E-state index in [0.717, 1.165) is 16.5 Å². The van der Waals surface area contributed by atoms with Gasteiger partial charge in [-0.3, -0.25) is 0 Å². The first-order valence-electron chi connectivity index (χ1n) is 6.80. The zero-order chi connectivity index (χ0) is 14.8. The van der Waals surface area contributed by atoms with E-state index < -0.39 is 12.1 Å². The van der Waals surface area contributed by atoms with Crippen LogP contribution in [0.3, 0.4) is 0 Å². The molecular weight excluding hydrogens is 269 g/mol. The van der Waals surface area contributed by atoms with E-state index in [1.807, 2.05) is 41.1 Å². The number of aromatic nitrogens is 1. The maximum atomic E-state index is 13.1. The molecule has 0 unspecified atom stereocenters. The van der Waals surface area contributed by atoms with Gasteiger partial charge in [0.25, 0.3) is 0 Å². The molecule has 0 aliphatic carbocycles. The van der Waals surface area contributed by atoms with Crippen molar-refractivity contribution in [3.63, 3.8) is 0 Å². The summed E-state index contributed by atoms with van der Waals surface area (Å²) in [6, 6.07) is 15.3. The third-order valence-electron chi connectivity index (χ3n) is 3.69. The molecule has 21 heavy (non-hydrogen) atoms. The van der Waals surface area contributed by atoms with Crippen LogP contribution in [-0.2, 0) is 0 Å². The van der Waals surface area contributed by atoms with Crippen LogP contribution in [-0.4, -0.2) is 27.5 Å². The summed E-state index contributed by atoms with van der Waals surface area (Å²) in [5.41, 5.74) is 1.71. The lowest BCUT2D eigenvalue weighted by atomic mass is 10.0. The summed E-state index contributed by atoms with van der Waals surface area (Å²) in [5, 5.41) is 20.6. The van der Waals surface area contributed by atoms with Crippen molar-refractivity contribution in [2.45, 2.75) is 12.1 Å². The molecule has 3 nitrogen and oxygen atoms in total. The lowest BCUT2D eigenvalue weighted by Gasteiger charge is -2.25. The van der Waals surface area contributed by atoms with Gasteiger partial charge in [-0.05, 0) is 35.2 Å². The molecule has 0 aliphatic heterocycles. The minimum absolute atomic E-state index is 0.326. The fraction of sp³-hybridized carbons (Fsp3) is 0.176. The number of fused-ring (bicyclic) bond motifs is 1. The van der Waals surface area contributed by atoms with Gasteiger partial charge in [-0.2, -0.15) is 0 Å². The molecule has 0 saturated heterocycles. The van der Waals surface area contributed by atoms with E-state index in [9.17, 15) is 14.6 Å². The molecule has 0 spiro atoms. The Kier molecular flexibility index (Phi) is 3.73. The molecule has 2 N–H and O–H groups in total. The molecular formula is C17H16FNO2. The highest BCUT2D eigenvalue weighted by atomic mass is 19.1. The van der Waals surface area contributed by atoms with Crippen LogP contribution in [0.5, 0.6) is 0 Å². The fourth-order valence-corrected chi connectivity index (χ4v) is 2.68. The fourth-order valence-electron chi connectivity index (χ4n) is 2.68. The number of aliphatic hydroxyl groups excluding tert-OH is 2. The Morgan fingerprint density at radius 2 is 1.71 bits per heavy atom. The van der Waals surface area contributed by atoms with Crippen LogP contribution < -0.4 is 0 Å². The monoisotopic (exact) mass is 285 g/mol. The highest BCUT2D eigenvalue weighted by Crippen LogP contribution is 2.28. The number of hydrogen-bond acceptors (Lipinski definition) is 2. The van der Waals surface area contributed by atoms with Crippen molar-refractivity contribution in [1.29, 1.82) is 0 Å². The number of hydrogen-bond donors (Lipinski definition) is 2. The maximum absolute atomic E-state index is 13.1. The van der Waals surface area contributed by atoms with E-state index >= 15 is 0 Å². The molecule has 2 atom stereocenters. The van der Waals surface area contributed by atoms with Crippen molar-refractivity contribution in [2.75, 3.05) is 6.61 Å². The number of aliphatic hydroxyl groups is 2. The average molecular weight is 285 g/mol. The lowest BCUT2D eigenvalue weighted by molar-refractivity contribution is 0.0653. The third-order valence-corrected chi connectivity index (χ3v) is 3.69. The van der Waals surface area contributed by atoms with E-state index in [2.05, 4.69) is 0 Å². The van der Waals surface area contributed by atoms with Gasteiger partial charge in [0.15, 0.2) is 0 Å².